The lowest BCUT2D eigenvalue weighted by Crippen LogP contribution is -2.40. The fraction of sp³-hybridized carbons (Fsp3) is 0.615. The predicted octanol–water partition coefficient (Wildman–Crippen LogP) is 3.15. The van der Waals surface area contributed by atoms with Gasteiger partial charge in [-0.2, -0.15) is 0 Å². The summed E-state index contributed by atoms with van der Waals surface area (Å²) in [5.74, 6) is 0.814. The summed E-state index contributed by atoms with van der Waals surface area (Å²) < 4.78 is 6.14. The first-order valence-corrected chi connectivity index (χ1v) is 9.20. The largest absolute Gasteiger partial charge is 0.411 e. The maximum Gasteiger partial charge on any atom is 0.192 e. The van der Waals surface area contributed by atoms with Gasteiger partial charge in [0.05, 0.1) is 12.3 Å². The molecule has 0 aliphatic rings. The van der Waals surface area contributed by atoms with Crippen LogP contribution in [0.25, 0.3) is 0 Å². The molecule has 0 aromatic carbocycles. The highest BCUT2D eigenvalue weighted by atomic mass is 28.4. The molecule has 0 bridgehead atoms. The summed E-state index contributed by atoms with van der Waals surface area (Å²) in [6, 6.07) is 5.90. The van der Waals surface area contributed by atoms with Crippen LogP contribution in [0.2, 0.25) is 18.1 Å². The highest BCUT2D eigenvalue weighted by Crippen LogP contribution is 2.36. The summed E-state index contributed by atoms with van der Waals surface area (Å²) in [6.07, 6.45) is 0. The van der Waals surface area contributed by atoms with Gasteiger partial charge in [-0.25, -0.2) is 10.4 Å². The second-order valence-electron chi connectivity index (χ2n) is 5.94. The second-order valence-corrected chi connectivity index (χ2v) is 10.7. The average molecular weight is 267 g/mol. The molecule has 1 aromatic heterocycles. The lowest BCUT2D eigenvalue weighted by molar-refractivity contribution is 0.272. The molecule has 0 atom stereocenters. The highest BCUT2D eigenvalue weighted by Gasteiger charge is 2.37. The molecule has 0 radical (unpaired) electrons. The molecule has 0 aliphatic heterocycles. The van der Waals surface area contributed by atoms with Crippen LogP contribution in [-0.2, 0) is 11.0 Å². The summed E-state index contributed by atoms with van der Waals surface area (Å²) >= 11 is 0. The molecule has 0 amide bonds. The summed E-state index contributed by atoms with van der Waals surface area (Å²) in [6.45, 7) is 11.8. The molecule has 1 rings (SSSR count). The van der Waals surface area contributed by atoms with E-state index in [1.54, 1.807) is 0 Å². The van der Waals surface area contributed by atoms with Gasteiger partial charge in [0.25, 0.3) is 0 Å². The molecule has 5 heteroatoms. The number of hydrogen-bond donors (Lipinski definition) is 2. The Bertz CT molecular complexity index is 388. The van der Waals surface area contributed by atoms with E-state index in [4.69, 9.17) is 4.43 Å². The van der Waals surface area contributed by atoms with Gasteiger partial charge in [-0.05, 0) is 30.3 Å². The van der Waals surface area contributed by atoms with Crippen LogP contribution >= 0.6 is 0 Å². The SMILES string of the molecule is CNNc1cccc(CO[Si](C)(C)C(C)(C)C)n1. The number of hydrazine groups is 1. The van der Waals surface area contributed by atoms with E-state index in [-0.39, 0.29) is 5.04 Å². The first kappa shape index (κ1) is 15.1. The van der Waals surface area contributed by atoms with Gasteiger partial charge >= 0.3 is 0 Å². The van der Waals surface area contributed by atoms with Gasteiger partial charge in [0.15, 0.2) is 8.32 Å². The van der Waals surface area contributed by atoms with E-state index in [9.17, 15) is 0 Å². The van der Waals surface area contributed by atoms with Crippen molar-refractivity contribution in [2.24, 2.45) is 0 Å². The molecule has 4 nitrogen and oxygen atoms in total. The molecule has 0 aliphatic carbocycles. The smallest absolute Gasteiger partial charge is 0.192 e. The number of pyridine rings is 1. The van der Waals surface area contributed by atoms with Crippen LogP contribution in [0.15, 0.2) is 18.2 Å². The van der Waals surface area contributed by atoms with Crippen molar-refractivity contribution in [3.8, 4) is 0 Å². The van der Waals surface area contributed by atoms with Crippen molar-refractivity contribution in [2.45, 2.75) is 45.5 Å². The number of rotatable bonds is 5. The molecule has 0 unspecified atom stereocenters. The second kappa shape index (κ2) is 5.82. The van der Waals surface area contributed by atoms with Crippen molar-refractivity contribution in [3.05, 3.63) is 23.9 Å². The lowest BCUT2D eigenvalue weighted by atomic mass is 10.2. The van der Waals surface area contributed by atoms with Gasteiger partial charge < -0.3 is 9.85 Å². The zero-order chi connectivity index (χ0) is 13.8. The first-order valence-electron chi connectivity index (χ1n) is 6.29. The standard InChI is InChI=1S/C13H25N3OSi/c1-13(2,3)18(5,6)17-10-11-8-7-9-12(15-11)16-14-4/h7-9,14H,10H2,1-6H3,(H,15,16). The minimum atomic E-state index is -1.70. The Morgan fingerprint density at radius 1 is 1.28 bits per heavy atom. The van der Waals surface area contributed by atoms with Crippen LogP contribution < -0.4 is 10.9 Å². The van der Waals surface area contributed by atoms with Gasteiger partial charge in [0, 0.05) is 7.05 Å². The van der Waals surface area contributed by atoms with Gasteiger partial charge in [-0.3, -0.25) is 0 Å². The Morgan fingerprint density at radius 3 is 2.50 bits per heavy atom. The highest BCUT2D eigenvalue weighted by molar-refractivity contribution is 6.74. The summed E-state index contributed by atoms with van der Waals surface area (Å²) in [5.41, 5.74) is 6.79. The number of anilines is 1. The monoisotopic (exact) mass is 267 g/mol. The van der Waals surface area contributed by atoms with Crippen molar-refractivity contribution in [1.82, 2.24) is 10.4 Å². The molecule has 2 N–H and O–H groups in total. The molecule has 0 saturated carbocycles. The Morgan fingerprint density at radius 2 is 1.94 bits per heavy atom. The van der Waals surface area contributed by atoms with Crippen molar-refractivity contribution in [2.75, 3.05) is 12.5 Å². The molecule has 0 saturated heterocycles. The normalized spacial score (nSPS) is 12.6. The maximum atomic E-state index is 6.14. The van der Waals surface area contributed by atoms with Gasteiger partial charge in [-0.1, -0.05) is 26.8 Å². The third kappa shape index (κ3) is 4.08. The van der Waals surface area contributed by atoms with Gasteiger partial charge in [0.1, 0.15) is 5.82 Å². The van der Waals surface area contributed by atoms with E-state index in [2.05, 4.69) is 49.7 Å². The van der Waals surface area contributed by atoms with Crippen LogP contribution in [0, 0.1) is 0 Å². The average Bonchev–Trinajstić information content (AvgIpc) is 2.26. The van der Waals surface area contributed by atoms with Crippen molar-refractivity contribution in [1.29, 1.82) is 0 Å². The zero-order valence-corrected chi connectivity index (χ0v) is 13.3. The topological polar surface area (TPSA) is 46.2 Å². The number of nitrogens with zero attached hydrogens (tertiary/aromatic N) is 1. The van der Waals surface area contributed by atoms with E-state index in [1.165, 1.54) is 0 Å². The summed E-state index contributed by atoms with van der Waals surface area (Å²) in [4.78, 5) is 4.47. The van der Waals surface area contributed by atoms with E-state index >= 15 is 0 Å². The van der Waals surface area contributed by atoms with Crippen LogP contribution in [0.5, 0.6) is 0 Å². The quantitative estimate of drug-likeness (QED) is 0.635. The van der Waals surface area contributed by atoms with Gasteiger partial charge in [-0.15, -0.1) is 0 Å². The molecule has 0 fully saturated rings. The molecule has 102 valence electrons. The number of aromatic nitrogens is 1. The fourth-order valence-corrected chi connectivity index (χ4v) is 2.17. The minimum absolute atomic E-state index is 0.230. The van der Waals surface area contributed by atoms with Crippen molar-refractivity contribution >= 4 is 14.1 Å². The molecule has 0 spiro atoms. The van der Waals surface area contributed by atoms with Crippen molar-refractivity contribution in [3.63, 3.8) is 0 Å². The number of nitrogens with one attached hydrogen (secondary N) is 2. The molecular formula is C13H25N3OSi. The molecular weight excluding hydrogens is 242 g/mol. The molecule has 1 aromatic rings. The Labute approximate surface area is 111 Å². The van der Waals surface area contributed by atoms with E-state index in [0.717, 1.165) is 11.5 Å². The zero-order valence-electron chi connectivity index (χ0n) is 12.3. The molecule has 1 heterocycles. The van der Waals surface area contributed by atoms with E-state index in [1.807, 2.05) is 25.2 Å². The minimum Gasteiger partial charge on any atom is -0.411 e. The van der Waals surface area contributed by atoms with Crippen LogP contribution in [0.3, 0.4) is 0 Å². The fourth-order valence-electron chi connectivity index (χ4n) is 1.23. The summed E-state index contributed by atoms with van der Waals surface area (Å²) in [5, 5.41) is 0.230. The van der Waals surface area contributed by atoms with Crippen LogP contribution in [-0.4, -0.2) is 20.3 Å². The van der Waals surface area contributed by atoms with E-state index < -0.39 is 8.32 Å². The third-order valence-electron chi connectivity index (χ3n) is 3.45. The Hall–Kier alpha value is -0.913. The van der Waals surface area contributed by atoms with Crippen LogP contribution in [0.4, 0.5) is 5.82 Å². The molecule has 18 heavy (non-hydrogen) atoms. The lowest BCUT2D eigenvalue weighted by Gasteiger charge is -2.36. The summed E-state index contributed by atoms with van der Waals surface area (Å²) in [7, 11) is 0.120. The number of hydrogen-bond acceptors (Lipinski definition) is 4. The third-order valence-corrected chi connectivity index (χ3v) is 7.93. The van der Waals surface area contributed by atoms with Gasteiger partial charge in [0.2, 0.25) is 0 Å². The van der Waals surface area contributed by atoms with E-state index in [0.29, 0.717) is 6.61 Å². The van der Waals surface area contributed by atoms with Crippen molar-refractivity contribution < 1.29 is 4.43 Å². The Kier molecular flexibility index (Phi) is 4.90. The predicted molar refractivity (Wildman–Crippen MR) is 78.9 cm³/mol. The maximum absolute atomic E-state index is 6.14. The first-order chi connectivity index (χ1) is 8.26. The van der Waals surface area contributed by atoms with Crippen LogP contribution in [0.1, 0.15) is 26.5 Å². The Balaban J connectivity index is 2.66.